The van der Waals surface area contributed by atoms with Gasteiger partial charge in [0.05, 0.1) is 23.3 Å². The summed E-state index contributed by atoms with van der Waals surface area (Å²) in [5, 5.41) is 10.5. The number of hydrogen-bond donors (Lipinski definition) is 2. The molecule has 0 aliphatic carbocycles. The van der Waals surface area contributed by atoms with E-state index in [1.54, 1.807) is 0 Å². The maximum Gasteiger partial charge on any atom is 0.274 e. The molecule has 1 heterocycles. The number of rotatable bonds is 4. The quantitative estimate of drug-likeness (QED) is 0.471. The lowest BCUT2D eigenvalue weighted by molar-refractivity contribution is -0.385. The lowest BCUT2D eigenvalue weighted by atomic mass is 10.3. The average molecular weight is 305 g/mol. The fourth-order valence-electron chi connectivity index (χ4n) is 1.89. The van der Waals surface area contributed by atoms with Gasteiger partial charge in [-0.2, -0.15) is 0 Å². The first-order valence-electron chi connectivity index (χ1n) is 5.65. The van der Waals surface area contributed by atoms with Crippen molar-refractivity contribution in [3.8, 4) is 0 Å². The van der Waals surface area contributed by atoms with Crippen LogP contribution in [0.25, 0.3) is 0 Å². The van der Waals surface area contributed by atoms with Crippen LogP contribution in [0.3, 0.4) is 0 Å². The van der Waals surface area contributed by atoms with Gasteiger partial charge in [-0.05, 0) is 6.42 Å². The Kier molecular flexibility index (Phi) is 3.88. The van der Waals surface area contributed by atoms with E-state index >= 15 is 0 Å². The highest BCUT2D eigenvalue weighted by atomic mass is 32.2. The lowest BCUT2D eigenvalue weighted by Gasteiger charge is -2.13. The molecular formula is C10H12FN3O5S. The Morgan fingerprint density at radius 1 is 1.50 bits per heavy atom. The van der Waals surface area contributed by atoms with Gasteiger partial charge in [0.1, 0.15) is 4.90 Å². The minimum atomic E-state index is -4.20. The summed E-state index contributed by atoms with van der Waals surface area (Å²) in [4.78, 5) is 8.91. The molecule has 0 amide bonds. The summed E-state index contributed by atoms with van der Waals surface area (Å²) < 4.78 is 45.2. The second kappa shape index (κ2) is 5.31. The van der Waals surface area contributed by atoms with E-state index in [2.05, 4.69) is 4.72 Å². The van der Waals surface area contributed by atoms with Crippen molar-refractivity contribution < 1.29 is 22.5 Å². The van der Waals surface area contributed by atoms with Gasteiger partial charge in [0.25, 0.3) is 5.69 Å². The van der Waals surface area contributed by atoms with Gasteiger partial charge in [-0.3, -0.25) is 10.1 Å². The third-order valence-electron chi connectivity index (χ3n) is 2.79. The largest absolute Gasteiger partial charge is 0.397 e. The lowest BCUT2D eigenvalue weighted by Crippen LogP contribution is -2.35. The van der Waals surface area contributed by atoms with E-state index in [-0.39, 0.29) is 6.61 Å². The Bertz CT molecular complexity index is 619. The van der Waals surface area contributed by atoms with Gasteiger partial charge in [-0.1, -0.05) is 0 Å². The zero-order chi connectivity index (χ0) is 14.9. The van der Waals surface area contributed by atoms with Crippen molar-refractivity contribution in [3.63, 3.8) is 0 Å². The van der Waals surface area contributed by atoms with Gasteiger partial charge in [0.15, 0.2) is 5.82 Å². The van der Waals surface area contributed by atoms with E-state index in [0.717, 1.165) is 6.07 Å². The Morgan fingerprint density at radius 3 is 2.70 bits per heavy atom. The number of ether oxygens (including phenoxy) is 1. The van der Waals surface area contributed by atoms with Crippen LogP contribution < -0.4 is 10.5 Å². The third-order valence-corrected chi connectivity index (χ3v) is 4.40. The van der Waals surface area contributed by atoms with E-state index < -0.39 is 43.1 Å². The van der Waals surface area contributed by atoms with Crippen LogP contribution in [0.15, 0.2) is 17.0 Å². The maximum atomic E-state index is 13.8. The van der Waals surface area contributed by atoms with E-state index in [9.17, 15) is 22.9 Å². The minimum absolute atomic E-state index is 0.188. The van der Waals surface area contributed by atoms with Gasteiger partial charge in [0.2, 0.25) is 10.0 Å². The highest BCUT2D eigenvalue weighted by Crippen LogP contribution is 2.27. The number of nitro groups is 1. The van der Waals surface area contributed by atoms with Crippen LogP contribution in [-0.4, -0.2) is 32.6 Å². The zero-order valence-electron chi connectivity index (χ0n) is 10.2. The second-order valence-corrected chi connectivity index (χ2v) is 5.94. The highest BCUT2D eigenvalue weighted by Gasteiger charge is 2.29. The molecule has 0 radical (unpaired) electrons. The summed E-state index contributed by atoms with van der Waals surface area (Å²) in [6.07, 6.45) is 0.466. The molecule has 1 aliphatic rings. The Morgan fingerprint density at radius 2 is 2.20 bits per heavy atom. The molecule has 0 bridgehead atoms. The predicted octanol–water partition coefficient (Wildman–Crippen LogP) is 0.383. The number of anilines is 1. The van der Waals surface area contributed by atoms with Gasteiger partial charge in [0, 0.05) is 18.7 Å². The Balaban J connectivity index is 2.38. The third kappa shape index (κ3) is 2.86. The average Bonchev–Trinajstić information content (AvgIpc) is 2.79. The smallest absolute Gasteiger partial charge is 0.274 e. The molecule has 1 aromatic rings. The number of nitrogens with zero attached hydrogens (tertiary/aromatic N) is 1. The van der Waals surface area contributed by atoms with Crippen LogP contribution >= 0.6 is 0 Å². The molecule has 1 fully saturated rings. The molecule has 10 heteroatoms. The molecule has 1 saturated heterocycles. The number of nitrogen functional groups attached to an aromatic ring is 1. The number of halogens is 1. The molecule has 1 atom stereocenters. The number of hydrogen-bond acceptors (Lipinski definition) is 6. The predicted molar refractivity (Wildman–Crippen MR) is 67.0 cm³/mol. The summed E-state index contributed by atoms with van der Waals surface area (Å²) in [5.74, 6) is -1.26. The van der Waals surface area contributed by atoms with Crippen molar-refractivity contribution >= 4 is 21.4 Å². The molecule has 110 valence electrons. The first-order valence-corrected chi connectivity index (χ1v) is 7.13. The van der Waals surface area contributed by atoms with Crippen molar-refractivity contribution in [2.45, 2.75) is 17.4 Å². The first kappa shape index (κ1) is 14.6. The first-order chi connectivity index (χ1) is 9.31. The van der Waals surface area contributed by atoms with Gasteiger partial charge in [-0.25, -0.2) is 17.5 Å². The molecule has 1 aromatic carbocycles. The monoisotopic (exact) mass is 305 g/mol. The second-order valence-electron chi connectivity index (χ2n) is 4.28. The number of nitrogens with two attached hydrogens (primary N) is 1. The van der Waals surface area contributed by atoms with E-state index in [0.29, 0.717) is 19.1 Å². The molecule has 0 aromatic heterocycles. The van der Waals surface area contributed by atoms with Crippen molar-refractivity contribution in [3.05, 3.63) is 28.1 Å². The molecule has 8 nitrogen and oxygen atoms in total. The van der Waals surface area contributed by atoms with Gasteiger partial charge < -0.3 is 10.5 Å². The zero-order valence-corrected chi connectivity index (χ0v) is 11.0. The van der Waals surface area contributed by atoms with Crippen molar-refractivity contribution in [1.82, 2.24) is 4.72 Å². The maximum absolute atomic E-state index is 13.8. The highest BCUT2D eigenvalue weighted by molar-refractivity contribution is 7.89. The molecule has 0 spiro atoms. The molecule has 2 rings (SSSR count). The van der Waals surface area contributed by atoms with Crippen molar-refractivity contribution in [2.75, 3.05) is 18.9 Å². The standard InChI is InChI=1S/C10H12FN3O5S/c11-8-3-7(14(15)16)4-9(12)10(8)20(17,18)13-6-1-2-19-5-6/h3-4,6,13H,1-2,5,12H2. The molecule has 20 heavy (non-hydrogen) atoms. The topological polar surface area (TPSA) is 125 Å². The van der Waals surface area contributed by atoms with Crippen LogP contribution in [-0.2, 0) is 14.8 Å². The van der Waals surface area contributed by atoms with E-state index in [1.807, 2.05) is 0 Å². The molecule has 1 aliphatic heterocycles. The van der Waals surface area contributed by atoms with Crippen LogP contribution in [0.1, 0.15) is 6.42 Å². The van der Waals surface area contributed by atoms with Crippen molar-refractivity contribution in [2.24, 2.45) is 0 Å². The Labute approximate surface area is 113 Å². The van der Waals surface area contributed by atoms with Crippen LogP contribution in [0.2, 0.25) is 0 Å². The molecular weight excluding hydrogens is 293 g/mol. The molecule has 3 N–H and O–H groups in total. The van der Waals surface area contributed by atoms with Gasteiger partial charge >= 0.3 is 0 Å². The number of nitrogens with one attached hydrogen (secondary N) is 1. The SMILES string of the molecule is Nc1cc([N+](=O)[O-])cc(F)c1S(=O)(=O)NC1CCOC1. The van der Waals surface area contributed by atoms with Crippen LogP contribution in [0.5, 0.6) is 0 Å². The number of nitro benzene ring substituents is 1. The summed E-state index contributed by atoms with van der Waals surface area (Å²) in [6, 6.07) is 0.868. The summed E-state index contributed by atoms with van der Waals surface area (Å²) in [5.41, 5.74) is 4.31. The fraction of sp³-hybridized carbons (Fsp3) is 0.400. The van der Waals surface area contributed by atoms with Crippen LogP contribution in [0.4, 0.5) is 15.8 Å². The number of non-ortho nitro benzene ring substituents is 1. The normalized spacial score (nSPS) is 19.1. The summed E-state index contributed by atoms with van der Waals surface area (Å²) in [6.45, 7) is 0.596. The fourth-order valence-corrected chi connectivity index (χ4v) is 3.32. The minimum Gasteiger partial charge on any atom is -0.397 e. The molecule has 1 unspecified atom stereocenters. The van der Waals surface area contributed by atoms with Crippen molar-refractivity contribution in [1.29, 1.82) is 0 Å². The molecule has 0 saturated carbocycles. The number of benzene rings is 1. The van der Waals surface area contributed by atoms with Gasteiger partial charge in [-0.15, -0.1) is 0 Å². The summed E-state index contributed by atoms with van der Waals surface area (Å²) >= 11 is 0. The van der Waals surface area contributed by atoms with Crippen LogP contribution in [0, 0.1) is 15.9 Å². The summed E-state index contributed by atoms with van der Waals surface area (Å²) in [7, 11) is -4.20. The number of sulfonamides is 1. The van der Waals surface area contributed by atoms with E-state index in [1.165, 1.54) is 0 Å². The Hall–Kier alpha value is -1.78. The van der Waals surface area contributed by atoms with E-state index in [4.69, 9.17) is 10.5 Å².